The number of aromatic nitrogens is 1. The predicted octanol–water partition coefficient (Wildman–Crippen LogP) is 4.64. The van der Waals surface area contributed by atoms with Crippen LogP contribution in [-0.4, -0.2) is 4.98 Å². The van der Waals surface area contributed by atoms with Gasteiger partial charge in [0, 0.05) is 11.9 Å². The molecule has 18 heavy (non-hydrogen) atoms. The fraction of sp³-hybridized carbons (Fsp3) is 0.353. The zero-order valence-electron chi connectivity index (χ0n) is 12.0. The Morgan fingerprint density at radius 3 is 2.50 bits per heavy atom. The molecule has 1 heterocycles. The maximum absolute atomic E-state index is 4.50. The van der Waals surface area contributed by atoms with Gasteiger partial charge in [-0.1, -0.05) is 23.8 Å². The van der Waals surface area contributed by atoms with Gasteiger partial charge in [-0.3, -0.25) is 4.98 Å². The number of nitrogens with zero attached hydrogens (tertiary/aromatic N) is 1. The summed E-state index contributed by atoms with van der Waals surface area (Å²) in [5.74, 6) is 0. The van der Waals surface area contributed by atoms with Crippen LogP contribution < -0.4 is 0 Å². The number of rotatable bonds is 3. The molecule has 1 aromatic heterocycles. The predicted molar refractivity (Wildman–Crippen MR) is 79.2 cm³/mol. The van der Waals surface area contributed by atoms with Gasteiger partial charge >= 0.3 is 0 Å². The summed E-state index contributed by atoms with van der Waals surface area (Å²) in [4.78, 5) is 4.50. The fourth-order valence-electron chi connectivity index (χ4n) is 1.69. The van der Waals surface area contributed by atoms with Crippen molar-refractivity contribution in [3.63, 3.8) is 0 Å². The molecule has 0 N–H and O–H groups in total. The van der Waals surface area contributed by atoms with Crippen molar-refractivity contribution in [2.24, 2.45) is 0 Å². The summed E-state index contributed by atoms with van der Waals surface area (Å²) in [5, 5.41) is 0. The van der Waals surface area contributed by atoms with E-state index >= 15 is 0 Å². The van der Waals surface area contributed by atoms with Crippen LogP contribution in [0.5, 0.6) is 0 Å². The molecule has 0 saturated heterocycles. The molecule has 1 rings (SSSR count). The summed E-state index contributed by atoms with van der Waals surface area (Å²) in [5.41, 5.74) is 6.16. The van der Waals surface area contributed by atoms with Gasteiger partial charge in [0.15, 0.2) is 0 Å². The van der Waals surface area contributed by atoms with E-state index in [2.05, 4.69) is 44.5 Å². The minimum Gasteiger partial charge on any atom is -0.261 e. The van der Waals surface area contributed by atoms with Crippen molar-refractivity contribution >= 4 is 0 Å². The Morgan fingerprint density at radius 1 is 1.17 bits per heavy atom. The fourth-order valence-corrected chi connectivity index (χ4v) is 1.69. The van der Waals surface area contributed by atoms with Crippen LogP contribution in [0.1, 0.15) is 35.7 Å². The molecule has 0 amide bonds. The molecule has 1 heteroatoms. The third kappa shape index (κ3) is 4.70. The van der Waals surface area contributed by atoms with Gasteiger partial charge in [0.1, 0.15) is 0 Å². The highest BCUT2D eigenvalue weighted by Gasteiger charge is 1.99. The van der Waals surface area contributed by atoms with E-state index in [9.17, 15) is 0 Å². The minimum atomic E-state index is 1.01. The second kappa shape index (κ2) is 6.95. The highest BCUT2D eigenvalue weighted by Crippen LogP contribution is 2.13. The molecular weight excluding hydrogens is 218 g/mol. The van der Waals surface area contributed by atoms with E-state index in [1.807, 2.05) is 25.3 Å². The molecule has 0 aliphatic heterocycles. The first kappa shape index (κ1) is 14.4. The van der Waals surface area contributed by atoms with Crippen LogP contribution in [-0.2, 0) is 6.42 Å². The van der Waals surface area contributed by atoms with Crippen molar-refractivity contribution in [1.29, 1.82) is 0 Å². The summed E-state index contributed by atoms with van der Waals surface area (Å²) < 4.78 is 0. The Balaban J connectivity index is 3.29. The van der Waals surface area contributed by atoms with Gasteiger partial charge in [-0.15, -0.1) is 6.58 Å². The lowest BCUT2D eigenvalue weighted by Gasteiger charge is -2.05. The Bertz CT molecular complexity index is 485. The molecule has 0 unspecified atom stereocenters. The number of hydrogen-bond donors (Lipinski definition) is 0. The third-order valence-electron chi connectivity index (χ3n) is 3.11. The highest BCUT2D eigenvalue weighted by atomic mass is 14.6. The quantitative estimate of drug-likeness (QED) is 0.702. The lowest BCUT2D eigenvalue weighted by atomic mass is 10.0. The van der Waals surface area contributed by atoms with E-state index in [1.54, 1.807) is 0 Å². The summed E-state index contributed by atoms with van der Waals surface area (Å²) in [6.07, 6.45) is 4.03. The first-order chi connectivity index (χ1) is 8.50. The standard InChI is InChI=1S/C17H23N/c1-13(2)10-11-17-12-18-15(4)9-7-6-8-14(3)16(17)5/h6-9,12H,1,10-11H2,2-5H3. The number of hydrogen-bond acceptors (Lipinski definition) is 1. The van der Waals surface area contributed by atoms with Gasteiger partial charge < -0.3 is 0 Å². The zero-order chi connectivity index (χ0) is 13.5. The van der Waals surface area contributed by atoms with Crippen LogP contribution >= 0.6 is 0 Å². The van der Waals surface area contributed by atoms with Gasteiger partial charge in [-0.25, -0.2) is 0 Å². The molecule has 0 fully saturated rings. The summed E-state index contributed by atoms with van der Waals surface area (Å²) in [6, 6.07) is 8.28. The topological polar surface area (TPSA) is 12.9 Å². The monoisotopic (exact) mass is 241 g/mol. The van der Waals surface area contributed by atoms with Crippen molar-refractivity contribution in [2.45, 2.75) is 40.5 Å². The Labute approximate surface area is 111 Å². The lowest BCUT2D eigenvalue weighted by molar-refractivity contribution is 0.926. The number of allylic oxidation sites excluding steroid dienone is 1. The van der Waals surface area contributed by atoms with Crippen LogP contribution in [0.15, 0.2) is 42.6 Å². The Morgan fingerprint density at radius 2 is 1.83 bits per heavy atom. The van der Waals surface area contributed by atoms with E-state index in [4.69, 9.17) is 0 Å². The molecule has 0 aromatic carbocycles. The van der Waals surface area contributed by atoms with E-state index in [0.717, 1.165) is 18.5 Å². The van der Waals surface area contributed by atoms with Gasteiger partial charge in [0.25, 0.3) is 0 Å². The average Bonchev–Trinajstić information content (AvgIpc) is 2.32. The minimum absolute atomic E-state index is 1.01. The van der Waals surface area contributed by atoms with Gasteiger partial charge in [-0.05, 0) is 63.3 Å². The van der Waals surface area contributed by atoms with Crippen LogP contribution in [0.2, 0.25) is 0 Å². The summed E-state index contributed by atoms with van der Waals surface area (Å²) in [6.45, 7) is 12.4. The van der Waals surface area contributed by atoms with E-state index in [-0.39, 0.29) is 0 Å². The molecule has 0 spiro atoms. The van der Waals surface area contributed by atoms with Crippen molar-refractivity contribution < 1.29 is 0 Å². The van der Waals surface area contributed by atoms with Gasteiger partial charge in [-0.2, -0.15) is 0 Å². The Kier molecular flexibility index (Phi) is 5.57. The molecular formula is C17H23N. The van der Waals surface area contributed by atoms with E-state index < -0.39 is 0 Å². The van der Waals surface area contributed by atoms with Crippen LogP contribution in [0.25, 0.3) is 0 Å². The van der Waals surface area contributed by atoms with Crippen molar-refractivity contribution in [2.75, 3.05) is 0 Å². The van der Waals surface area contributed by atoms with Crippen molar-refractivity contribution in [3.05, 3.63) is 65.0 Å². The second-order valence-corrected chi connectivity index (χ2v) is 4.91. The third-order valence-corrected chi connectivity index (χ3v) is 3.11. The maximum atomic E-state index is 4.50. The highest BCUT2D eigenvalue weighted by molar-refractivity contribution is 5.29. The van der Waals surface area contributed by atoms with Crippen molar-refractivity contribution in [1.82, 2.24) is 4.98 Å². The first-order valence-electron chi connectivity index (χ1n) is 6.41. The lowest BCUT2D eigenvalue weighted by Crippen LogP contribution is -1.92. The molecule has 1 nitrogen and oxygen atoms in total. The zero-order valence-corrected chi connectivity index (χ0v) is 12.0. The van der Waals surface area contributed by atoms with Crippen LogP contribution in [0.4, 0.5) is 0 Å². The van der Waals surface area contributed by atoms with Crippen molar-refractivity contribution in [3.8, 4) is 0 Å². The normalized spacial score (nSPS) is 9.78. The molecule has 0 atom stereocenters. The van der Waals surface area contributed by atoms with Gasteiger partial charge in [0.2, 0.25) is 0 Å². The molecule has 0 bridgehead atoms. The number of aryl methyl sites for hydroxylation is 3. The molecule has 0 aliphatic rings. The van der Waals surface area contributed by atoms with Crippen LogP contribution in [0.3, 0.4) is 0 Å². The van der Waals surface area contributed by atoms with Gasteiger partial charge in [0.05, 0.1) is 0 Å². The SMILES string of the molecule is C=C(C)CCc1cnc(C)ccccc(C)c1C. The molecule has 96 valence electrons. The summed E-state index contributed by atoms with van der Waals surface area (Å²) >= 11 is 0. The largest absolute Gasteiger partial charge is 0.261 e. The molecule has 0 aliphatic carbocycles. The Hall–Kier alpha value is -1.63. The average molecular weight is 241 g/mol. The maximum Gasteiger partial charge on any atom is 0.0372 e. The first-order valence-corrected chi connectivity index (χ1v) is 6.41. The molecule has 0 saturated carbocycles. The molecule has 0 radical (unpaired) electrons. The second-order valence-electron chi connectivity index (χ2n) is 4.91. The summed E-state index contributed by atoms with van der Waals surface area (Å²) in [7, 11) is 0. The van der Waals surface area contributed by atoms with E-state index in [0.29, 0.717) is 0 Å². The van der Waals surface area contributed by atoms with Crippen LogP contribution in [0, 0.1) is 20.8 Å². The smallest absolute Gasteiger partial charge is 0.0372 e. The molecule has 1 aromatic rings. The van der Waals surface area contributed by atoms with E-state index in [1.165, 1.54) is 22.3 Å².